The van der Waals surface area contributed by atoms with E-state index in [1.165, 1.54) is 12.1 Å². The Hall–Kier alpha value is -2.40. The number of ether oxygens (including phenoxy) is 2. The molecule has 28 heavy (non-hydrogen) atoms. The SMILES string of the molecule is CC[C@H](C)Oc1ccc(NC(=O)C2(c3ccc(F)cc3)CCOCC2)cc1C. The van der Waals surface area contributed by atoms with Gasteiger partial charge in [-0.05, 0) is 74.6 Å². The summed E-state index contributed by atoms with van der Waals surface area (Å²) in [6.07, 6.45) is 2.21. The minimum Gasteiger partial charge on any atom is -0.490 e. The van der Waals surface area contributed by atoms with Crippen LogP contribution in [0.4, 0.5) is 10.1 Å². The molecule has 1 saturated heterocycles. The van der Waals surface area contributed by atoms with Crippen LogP contribution in [0.2, 0.25) is 0 Å². The van der Waals surface area contributed by atoms with Crippen LogP contribution in [0.3, 0.4) is 0 Å². The molecule has 1 fully saturated rings. The second-order valence-corrected chi connectivity index (χ2v) is 7.47. The van der Waals surface area contributed by atoms with Crippen molar-refractivity contribution in [3.8, 4) is 5.75 Å². The topological polar surface area (TPSA) is 47.6 Å². The summed E-state index contributed by atoms with van der Waals surface area (Å²) in [5.41, 5.74) is 1.81. The number of benzene rings is 2. The van der Waals surface area contributed by atoms with Crippen LogP contribution in [0.1, 0.15) is 44.2 Å². The lowest BCUT2D eigenvalue weighted by Crippen LogP contribution is -2.44. The van der Waals surface area contributed by atoms with Gasteiger partial charge < -0.3 is 14.8 Å². The molecule has 1 heterocycles. The van der Waals surface area contributed by atoms with E-state index in [1.807, 2.05) is 32.0 Å². The first-order chi connectivity index (χ1) is 13.4. The number of rotatable bonds is 6. The maximum atomic E-state index is 13.4. The molecular formula is C23H28FNO3. The third-order valence-corrected chi connectivity index (χ3v) is 5.51. The zero-order valence-corrected chi connectivity index (χ0v) is 16.8. The summed E-state index contributed by atoms with van der Waals surface area (Å²) in [6.45, 7) is 7.10. The van der Waals surface area contributed by atoms with Crippen LogP contribution < -0.4 is 10.1 Å². The van der Waals surface area contributed by atoms with Crippen molar-refractivity contribution < 1.29 is 18.7 Å². The lowest BCUT2D eigenvalue weighted by molar-refractivity contribution is -0.125. The molecule has 5 heteroatoms. The molecule has 0 unspecified atom stereocenters. The van der Waals surface area contributed by atoms with E-state index in [0.29, 0.717) is 26.1 Å². The van der Waals surface area contributed by atoms with E-state index in [2.05, 4.69) is 12.2 Å². The minimum atomic E-state index is -0.717. The molecule has 0 bridgehead atoms. The minimum absolute atomic E-state index is 0.0857. The molecule has 4 nitrogen and oxygen atoms in total. The highest BCUT2D eigenvalue weighted by Gasteiger charge is 2.41. The van der Waals surface area contributed by atoms with E-state index < -0.39 is 5.41 Å². The highest BCUT2D eigenvalue weighted by Crippen LogP contribution is 2.36. The Balaban J connectivity index is 1.82. The number of nitrogens with one attached hydrogen (secondary N) is 1. The van der Waals surface area contributed by atoms with E-state index in [4.69, 9.17) is 9.47 Å². The highest BCUT2D eigenvalue weighted by atomic mass is 19.1. The van der Waals surface area contributed by atoms with Gasteiger partial charge in [0.1, 0.15) is 11.6 Å². The van der Waals surface area contributed by atoms with Crippen LogP contribution in [0.15, 0.2) is 42.5 Å². The van der Waals surface area contributed by atoms with Gasteiger partial charge in [-0.15, -0.1) is 0 Å². The van der Waals surface area contributed by atoms with Crippen molar-refractivity contribution in [2.45, 2.75) is 51.6 Å². The molecule has 0 aromatic heterocycles. The average molecular weight is 385 g/mol. The number of aryl methyl sites for hydroxylation is 1. The number of hydrogen-bond donors (Lipinski definition) is 1. The Morgan fingerprint density at radius 1 is 1.21 bits per heavy atom. The number of anilines is 1. The summed E-state index contributed by atoms with van der Waals surface area (Å²) >= 11 is 0. The lowest BCUT2D eigenvalue weighted by Gasteiger charge is -2.36. The summed E-state index contributed by atoms with van der Waals surface area (Å²) in [5.74, 6) is 0.433. The Morgan fingerprint density at radius 2 is 1.89 bits per heavy atom. The molecule has 1 atom stereocenters. The van der Waals surface area contributed by atoms with Crippen molar-refractivity contribution in [2.75, 3.05) is 18.5 Å². The molecule has 150 valence electrons. The second kappa shape index (κ2) is 8.74. The van der Waals surface area contributed by atoms with Gasteiger partial charge in [0.15, 0.2) is 0 Å². The van der Waals surface area contributed by atoms with Gasteiger partial charge in [-0.25, -0.2) is 4.39 Å². The van der Waals surface area contributed by atoms with Gasteiger partial charge in [0, 0.05) is 18.9 Å². The summed E-state index contributed by atoms with van der Waals surface area (Å²) in [6, 6.07) is 11.9. The predicted octanol–water partition coefficient (Wildman–Crippen LogP) is 5.00. The fourth-order valence-corrected chi connectivity index (χ4v) is 3.55. The summed E-state index contributed by atoms with van der Waals surface area (Å²) in [4.78, 5) is 13.3. The average Bonchev–Trinajstić information content (AvgIpc) is 2.71. The van der Waals surface area contributed by atoms with Crippen molar-refractivity contribution in [3.63, 3.8) is 0 Å². The van der Waals surface area contributed by atoms with Gasteiger partial charge in [0.2, 0.25) is 5.91 Å². The van der Waals surface area contributed by atoms with E-state index in [1.54, 1.807) is 12.1 Å². The number of hydrogen-bond acceptors (Lipinski definition) is 3. The van der Waals surface area contributed by atoms with Gasteiger partial charge >= 0.3 is 0 Å². The normalized spacial score (nSPS) is 17.0. The van der Waals surface area contributed by atoms with Crippen molar-refractivity contribution in [2.24, 2.45) is 0 Å². The number of amides is 1. The van der Waals surface area contributed by atoms with Gasteiger partial charge in [0.05, 0.1) is 11.5 Å². The molecule has 1 N–H and O–H groups in total. The third kappa shape index (κ3) is 4.36. The summed E-state index contributed by atoms with van der Waals surface area (Å²) in [7, 11) is 0. The van der Waals surface area contributed by atoms with Gasteiger partial charge in [-0.1, -0.05) is 19.1 Å². The zero-order chi connectivity index (χ0) is 20.1. The molecule has 2 aromatic carbocycles. The first-order valence-electron chi connectivity index (χ1n) is 9.87. The van der Waals surface area contributed by atoms with Crippen molar-refractivity contribution in [1.82, 2.24) is 0 Å². The Kier molecular flexibility index (Phi) is 6.35. The van der Waals surface area contributed by atoms with Crippen molar-refractivity contribution in [3.05, 3.63) is 59.4 Å². The van der Waals surface area contributed by atoms with Crippen LogP contribution in [0.5, 0.6) is 5.75 Å². The predicted molar refractivity (Wildman–Crippen MR) is 108 cm³/mol. The maximum Gasteiger partial charge on any atom is 0.235 e. The monoisotopic (exact) mass is 385 g/mol. The number of carbonyl (C=O) groups excluding carboxylic acids is 1. The second-order valence-electron chi connectivity index (χ2n) is 7.47. The van der Waals surface area contributed by atoms with Crippen molar-refractivity contribution in [1.29, 1.82) is 0 Å². The van der Waals surface area contributed by atoms with Crippen molar-refractivity contribution >= 4 is 11.6 Å². The van der Waals surface area contributed by atoms with Gasteiger partial charge in [-0.2, -0.15) is 0 Å². The van der Waals surface area contributed by atoms with E-state index in [-0.39, 0.29) is 17.8 Å². The number of carbonyl (C=O) groups is 1. The largest absolute Gasteiger partial charge is 0.490 e. The highest BCUT2D eigenvalue weighted by molar-refractivity contribution is 5.99. The van der Waals surface area contributed by atoms with Crippen LogP contribution >= 0.6 is 0 Å². The van der Waals surface area contributed by atoms with Gasteiger partial charge in [-0.3, -0.25) is 4.79 Å². The lowest BCUT2D eigenvalue weighted by atomic mass is 9.73. The molecule has 1 amide bonds. The first-order valence-corrected chi connectivity index (χ1v) is 9.87. The van der Waals surface area contributed by atoms with Crippen LogP contribution in [-0.2, 0) is 14.9 Å². The fourth-order valence-electron chi connectivity index (χ4n) is 3.55. The maximum absolute atomic E-state index is 13.4. The molecule has 1 aliphatic heterocycles. The Labute approximate surface area is 166 Å². The van der Waals surface area contributed by atoms with E-state index in [9.17, 15) is 9.18 Å². The van der Waals surface area contributed by atoms with Crippen LogP contribution in [-0.4, -0.2) is 25.2 Å². The molecule has 0 aliphatic carbocycles. The van der Waals surface area contributed by atoms with Gasteiger partial charge in [0.25, 0.3) is 0 Å². The first kappa shape index (κ1) is 20.3. The molecule has 2 aromatic rings. The van der Waals surface area contributed by atoms with Crippen LogP contribution in [0.25, 0.3) is 0 Å². The summed E-state index contributed by atoms with van der Waals surface area (Å²) in [5, 5.41) is 3.06. The van der Waals surface area contributed by atoms with E-state index in [0.717, 1.165) is 29.0 Å². The third-order valence-electron chi connectivity index (χ3n) is 5.51. The standard InChI is InChI=1S/C23H28FNO3/c1-4-17(3)28-21-10-9-20(15-16(21)2)25-22(26)23(11-13-27-14-12-23)18-5-7-19(24)8-6-18/h5-10,15,17H,4,11-14H2,1-3H3,(H,25,26)/t17-/m0/s1. The Bertz CT molecular complexity index is 813. The zero-order valence-electron chi connectivity index (χ0n) is 16.8. The molecule has 3 rings (SSSR count). The summed E-state index contributed by atoms with van der Waals surface area (Å²) < 4.78 is 24.8. The molecular weight excluding hydrogens is 357 g/mol. The smallest absolute Gasteiger partial charge is 0.235 e. The number of halogens is 1. The molecule has 0 radical (unpaired) electrons. The quantitative estimate of drug-likeness (QED) is 0.761. The fraction of sp³-hybridized carbons (Fsp3) is 0.435. The molecule has 0 spiro atoms. The molecule has 1 aliphatic rings. The van der Waals surface area contributed by atoms with E-state index >= 15 is 0 Å². The Morgan fingerprint density at radius 3 is 2.50 bits per heavy atom. The molecule has 0 saturated carbocycles. The van der Waals surface area contributed by atoms with Crippen LogP contribution in [0, 0.1) is 12.7 Å².